The molecule has 118 valence electrons. The van der Waals surface area contributed by atoms with Gasteiger partial charge < -0.3 is 9.47 Å². The molecule has 0 radical (unpaired) electrons. The standard InChI is InChI=1S/C15H30O2S2Si/c1-20(2,3)11-8-16-13-17-14(7-9-18)12-15-6-4-5-10-19-15/h6,14,18H,4-5,7-13H2,1-3H3. The Kier molecular flexibility index (Phi) is 9.62. The molecule has 1 heterocycles. The van der Waals surface area contributed by atoms with E-state index < -0.39 is 8.07 Å². The Balaban J connectivity index is 2.19. The van der Waals surface area contributed by atoms with Crippen LogP contribution in [0.1, 0.15) is 25.7 Å². The number of thiol groups is 1. The molecular weight excluding hydrogens is 304 g/mol. The molecule has 5 heteroatoms. The molecule has 0 spiro atoms. The Bertz CT molecular complexity index is 290. The summed E-state index contributed by atoms with van der Waals surface area (Å²) in [5.41, 5.74) is 0. The summed E-state index contributed by atoms with van der Waals surface area (Å²) in [7, 11) is -0.990. The van der Waals surface area contributed by atoms with Crippen LogP contribution in [0.25, 0.3) is 0 Å². The van der Waals surface area contributed by atoms with Crippen molar-refractivity contribution in [1.29, 1.82) is 0 Å². The van der Waals surface area contributed by atoms with Crippen LogP contribution in [0.4, 0.5) is 0 Å². The largest absolute Gasteiger partial charge is 0.356 e. The van der Waals surface area contributed by atoms with E-state index in [0.29, 0.717) is 6.79 Å². The third-order valence-corrected chi connectivity index (χ3v) is 6.43. The molecule has 0 saturated heterocycles. The Labute approximate surface area is 135 Å². The number of allylic oxidation sites excluding steroid dienone is 1. The monoisotopic (exact) mass is 334 g/mol. The molecule has 1 atom stereocenters. The number of ether oxygens (including phenoxy) is 2. The third-order valence-electron chi connectivity index (χ3n) is 3.27. The van der Waals surface area contributed by atoms with Crippen LogP contribution < -0.4 is 0 Å². The van der Waals surface area contributed by atoms with Crippen LogP contribution in [-0.2, 0) is 9.47 Å². The molecule has 1 unspecified atom stereocenters. The van der Waals surface area contributed by atoms with Crippen LogP contribution in [0.15, 0.2) is 11.0 Å². The average Bonchev–Trinajstić information content (AvgIpc) is 2.38. The van der Waals surface area contributed by atoms with Gasteiger partial charge in [0.05, 0.1) is 6.10 Å². The van der Waals surface area contributed by atoms with Crippen molar-refractivity contribution in [3.8, 4) is 0 Å². The summed E-state index contributed by atoms with van der Waals surface area (Å²) in [4.78, 5) is 1.49. The van der Waals surface area contributed by atoms with Gasteiger partial charge in [0.15, 0.2) is 0 Å². The first-order valence-electron chi connectivity index (χ1n) is 7.63. The van der Waals surface area contributed by atoms with E-state index >= 15 is 0 Å². The van der Waals surface area contributed by atoms with Crippen molar-refractivity contribution in [3.05, 3.63) is 11.0 Å². The van der Waals surface area contributed by atoms with Crippen molar-refractivity contribution >= 4 is 32.5 Å². The fourth-order valence-corrected chi connectivity index (χ4v) is 4.10. The van der Waals surface area contributed by atoms with Crippen molar-refractivity contribution in [3.63, 3.8) is 0 Å². The fourth-order valence-electron chi connectivity index (χ4n) is 1.95. The van der Waals surface area contributed by atoms with Crippen molar-refractivity contribution in [2.45, 2.75) is 57.5 Å². The van der Waals surface area contributed by atoms with Gasteiger partial charge in [-0.3, -0.25) is 0 Å². The quantitative estimate of drug-likeness (QED) is 0.268. The molecule has 1 aliphatic heterocycles. The Morgan fingerprint density at radius 1 is 1.40 bits per heavy atom. The maximum Gasteiger partial charge on any atom is 0.147 e. The molecule has 0 fully saturated rings. The minimum Gasteiger partial charge on any atom is -0.356 e. The SMILES string of the molecule is C[Si](C)(C)CCOCOC(CCS)CC1=CCCCS1. The molecule has 1 rings (SSSR count). The Morgan fingerprint density at radius 3 is 2.80 bits per heavy atom. The number of hydrogen-bond donors (Lipinski definition) is 1. The summed E-state index contributed by atoms with van der Waals surface area (Å²) in [5, 5.41) is 0. The summed E-state index contributed by atoms with van der Waals surface area (Å²) >= 11 is 6.32. The van der Waals surface area contributed by atoms with E-state index in [4.69, 9.17) is 9.47 Å². The zero-order chi connectivity index (χ0) is 14.8. The topological polar surface area (TPSA) is 18.5 Å². The first kappa shape index (κ1) is 18.6. The average molecular weight is 335 g/mol. The van der Waals surface area contributed by atoms with Crippen LogP contribution in [0.2, 0.25) is 25.7 Å². The third kappa shape index (κ3) is 9.50. The molecule has 20 heavy (non-hydrogen) atoms. The summed E-state index contributed by atoms with van der Waals surface area (Å²) in [6, 6.07) is 1.20. The highest BCUT2D eigenvalue weighted by Gasteiger charge is 2.15. The molecule has 0 aromatic heterocycles. The normalized spacial score (nSPS) is 17.9. The Hall–Kier alpha value is 0.577. The molecular formula is C15H30O2S2Si. The molecule has 0 aromatic rings. The number of rotatable bonds is 10. The van der Waals surface area contributed by atoms with Crippen molar-refractivity contribution in [1.82, 2.24) is 0 Å². The number of hydrogen-bond acceptors (Lipinski definition) is 4. The molecule has 2 nitrogen and oxygen atoms in total. The predicted molar refractivity (Wildman–Crippen MR) is 96.7 cm³/mol. The van der Waals surface area contributed by atoms with E-state index in [1.54, 1.807) is 0 Å². The lowest BCUT2D eigenvalue weighted by atomic mass is 10.1. The smallest absolute Gasteiger partial charge is 0.147 e. The van der Waals surface area contributed by atoms with E-state index in [1.807, 2.05) is 11.8 Å². The summed E-state index contributed by atoms with van der Waals surface area (Å²) in [6.07, 6.45) is 7.20. The number of thioether (sulfide) groups is 1. The van der Waals surface area contributed by atoms with Gasteiger partial charge in [-0.05, 0) is 41.7 Å². The second-order valence-corrected chi connectivity index (χ2v) is 13.8. The molecule has 0 N–H and O–H groups in total. The van der Waals surface area contributed by atoms with Crippen molar-refractivity contribution < 1.29 is 9.47 Å². The van der Waals surface area contributed by atoms with E-state index in [9.17, 15) is 0 Å². The van der Waals surface area contributed by atoms with E-state index in [0.717, 1.165) is 25.2 Å². The molecule has 0 amide bonds. The van der Waals surface area contributed by atoms with Gasteiger partial charge in [0.25, 0.3) is 0 Å². The molecule has 1 aliphatic rings. The summed E-state index contributed by atoms with van der Waals surface area (Å²) < 4.78 is 11.5. The van der Waals surface area contributed by atoms with Gasteiger partial charge in [0.2, 0.25) is 0 Å². The molecule has 0 aromatic carbocycles. The molecule has 0 aliphatic carbocycles. The van der Waals surface area contributed by atoms with E-state index in [-0.39, 0.29) is 6.10 Å². The van der Waals surface area contributed by atoms with Crippen molar-refractivity contribution in [2.24, 2.45) is 0 Å². The highest BCUT2D eigenvalue weighted by atomic mass is 32.2. The summed E-state index contributed by atoms with van der Waals surface area (Å²) in [6.45, 7) is 8.37. The van der Waals surface area contributed by atoms with Gasteiger partial charge in [-0.25, -0.2) is 0 Å². The van der Waals surface area contributed by atoms with Gasteiger partial charge in [-0.1, -0.05) is 25.7 Å². The zero-order valence-electron chi connectivity index (χ0n) is 13.2. The maximum absolute atomic E-state index is 5.89. The van der Waals surface area contributed by atoms with Gasteiger partial charge >= 0.3 is 0 Å². The van der Waals surface area contributed by atoms with Gasteiger partial charge in [-0.2, -0.15) is 12.6 Å². The van der Waals surface area contributed by atoms with Gasteiger partial charge in [0.1, 0.15) is 6.79 Å². The minimum absolute atomic E-state index is 0.260. The maximum atomic E-state index is 5.89. The van der Waals surface area contributed by atoms with Crippen molar-refractivity contribution in [2.75, 3.05) is 24.9 Å². The predicted octanol–water partition coefficient (Wildman–Crippen LogP) is 4.80. The summed E-state index contributed by atoms with van der Waals surface area (Å²) in [5.74, 6) is 2.13. The van der Waals surface area contributed by atoms with E-state index in [2.05, 4.69) is 38.3 Å². The minimum atomic E-state index is -0.990. The lowest BCUT2D eigenvalue weighted by molar-refractivity contribution is -0.0857. The Morgan fingerprint density at radius 2 is 2.20 bits per heavy atom. The van der Waals surface area contributed by atoms with E-state index in [1.165, 1.54) is 29.5 Å². The fraction of sp³-hybridized carbons (Fsp3) is 0.867. The zero-order valence-corrected chi connectivity index (χ0v) is 15.9. The van der Waals surface area contributed by atoms with Crippen LogP contribution in [0.5, 0.6) is 0 Å². The highest BCUT2D eigenvalue weighted by molar-refractivity contribution is 8.03. The van der Waals surface area contributed by atoms with Crippen LogP contribution in [0.3, 0.4) is 0 Å². The second kappa shape index (κ2) is 10.3. The highest BCUT2D eigenvalue weighted by Crippen LogP contribution is 2.29. The van der Waals surface area contributed by atoms with Gasteiger partial charge in [0, 0.05) is 21.1 Å². The lowest BCUT2D eigenvalue weighted by Crippen LogP contribution is -2.23. The first-order valence-corrected chi connectivity index (χ1v) is 13.0. The second-order valence-electron chi connectivity index (χ2n) is 6.50. The van der Waals surface area contributed by atoms with Gasteiger partial charge in [-0.15, -0.1) is 11.8 Å². The van der Waals surface area contributed by atoms with Crippen LogP contribution in [0, 0.1) is 0 Å². The molecule has 0 bridgehead atoms. The van der Waals surface area contributed by atoms with Crippen LogP contribution in [-0.4, -0.2) is 39.1 Å². The van der Waals surface area contributed by atoms with Crippen LogP contribution >= 0.6 is 24.4 Å². The lowest BCUT2D eigenvalue weighted by Gasteiger charge is -2.21. The first-order chi connectivity index (χ1) is 9.51. The molecule has 0 saturated carbocycles.